The molecule has 0 bridgehead atoms. The number of hydrogen-bond acceptors (Lipinski definition) is 2. The van der Waals surface area contributed by atoms with Crippen LogP contribution in [0.4, 0.5) is 8.78 Å². The van der Waals surface area contributed by atoms with Gasteiger partial charge in [0.25, 0.3) is 5.91 Å². The molecule has 1 fully saturated rings. The van der Waals surface area contributed by atoms with Crippen molar-refractivity contribution in [1.82, 2.24) is 10.2 Å². The van der Waals surface area contributed by atoms with Crippen LogP contribution in [0, 0.1) is 0 Å². The Labute approximate surface area is 111 Å². The van der Waals surface area contributed by atoms with Crippen molar-refractivity contribution in [2.24, 2.45) is 0 Å². The van der Waals surface area contributed by atoms with Gasteiger partial charge >= 0.3 is 5.92 Å². The molecule has 0 aliphatic carbocycles. The lowest BCUT2D eigenvalue weighted by Gasteiger charge is -2.18. The lowest BCUT2D eigenvalue weighted by Crippen LogP contribution is -2.44. The average molecular weight is 268 g/mol. The van der Waals surface area contributed by atoms with Crippen LogP contribution in [0.1, 0.15) is 18.9 Å². The molecule has 104 valence electrons. The largest absolute Gasteiger partial charge is 0.347 e. The zero-order valence-electron chi connectivity index (χ0n) is 10.9. The van der Waals surface area contributed by atoms with Gasteiger partial charge in [0, 0.05) is 32.6 Å². The number of rotatable bonds is 4. The fourth-order valence-electron chi connectivity index (χ4n) is 2.25. The van der Waals surface area contributed by atoms with E-state index < -0.39 is 11.8 Å². The fraction of sp³-hybridized carbons (Fsp3) is 0.500. The van der Waals surface area contributed by atoms with Crippen LogP contribution in [0.15, 0.2) is 30.3 Å². The number of hydrogen-bond donors (Lipinski definition) is 1. The number of carbonyl (C=O) groups is 1. The first-order chi connectivity index (χ1) is 8.95. The van der Waals surface area contributed by atoms with Crippen LogP contribution in [0.3, 0.4) is 0 Å². The number of benzene rings is 1. The molecule has 0 radical (unpaired) electrons. The summed E-state index contributed by atoms with van der Waals surface area (Å²) in [6, 6.07) is 9.80. The van der Waals surface area contributed by atoms with E-state index in [0.717, 1.165) is 13.1 Å². The smallest absolute Gasteiger partial charge is 0.321 e. The molecule has 0 saturated carbocycles. The van der Waals surface area contributed by atoms with E-state index in [-0.39, 0.29) is 6.04 Å². The Hall–Kier alpha value is -1.49. The Balaban J connectivity index is 1.82. The molecule has 1 saturated heterocycles. The van der Waals surface area contributed by atoms with Crippen molar-refractivity contribution in [2.45, 2.75) is 31.9 Å². The highest BCUT2D eigenvalue weighted by Crippen LogP contribution is 2.16. The molecular weight excluding hydrogens is 250 g/mol. The van der Waals surface area contributed by atoms with Gasteiger partial charge in [0.15, 0.2) is 0 Å². The summed E-state index contributed by atoms with van der Waals surface area (Å²) in [6.07, 6.45) is 0.717. The standard InChI is InChI=1S/C14H18F2N2O/c1-14(15,16)13(19)17-12-7-8-18(10-12)9-11-5-3-2-4-6-11/h2-6,12H,7-10H2,1H3,(H,17,19)/t12-/m0/s1. The van der Waals surface area contributed by atoms with Crippen LogP contribution in [0.25, 0.3) is 0 Å². The van der Waals surface area contributed by atoms with Crippen LogP contribution in [0.2, 0.25) is 0 Å². The first kappa shape index (κ1) is 13.9. The third-order valence-corrected chi connectivity index (χ3v) is 3.26. The predicted octanol–water partition coefficient (Wildman–Crippen LogP) is 2.03. The SMILES string of the molecule is CC(F)(F)C(=O)N[C@H]1CCN(Cc2ccccc2)C1. The van der Waals surface area contributed by atoms with Gasteiger partial charge < -0.3 is 5.32 Å². The Morgan fingerprint density at radius 2 is 2.11 bits per heavy atom. The summed E-state index contributed by atoms with van der Waals surface area (Å²) >= 11 is 0. The second-order valence-corrected chi connectivity index (χ2v) is 5.07. The summed E-state index contributed by atoms with van der Waals surface area (Å²) in [7, 11) is 0. The lowest BCUT2D eigenvalue weighted by atomic mass is 10.2. The summed E-state index contributed by atoms with van der Waals surface area (Å²) in [5.41, 5.74) is 1.19. The maximum Gasteiger partial charge on any atom is 0.321 e. The normalized spacial score (nSPS) is 20.5. The number of nitrogens with one attached hydrogen (secondary N) is 1. The molecule has 19 heavy (non-hydrogen) atoms. The van der Waals surface area contributed by atoms with Crippen molar-refractivity contribution >= 4 is 5.91 Å². The summed E-state index contributed by atoms with van der Waals surface area (Å²) < 4.78 is 25.6. The number of alkyl halides is 2. The number of amides is 1. The van der Waals surface area contributed by atoms with E-state index in [4.69, 9.17) is 0 Å². The third kappa shape index (κ3) is 3.99. The van der Waals surface area contributed by atoms with E-state index in [9.17, 15) is 13.6 Å². The van der Waals surface area contributed by atoms with Gasteiger partial charge in [-0.3, -0.25) is 9.69 Å². The van der Waals surface area contributed by atoms with E-state index in [1.54, 1.807) is 0 Å². The average Bonchev–Trinajstić information content (AvgIpc) is 2.76. The Kier molecular flexibility index (Phi) is 4.14. The topological polar surface area (TPSA) is 32.3 Å². The zero-order chi connectivity index (χ0) is 13.9. The molecule has 5 heteroatoms. The molecule has 1 aromatic rings. The molecule has 0 unspecified atom stereocenters. The van der Waals surface area contributed by atoms with Gasteiger partial charge in [-0.05, 0) is 12.0 Å². The van der Waals surface area contributed by atoms with Crippen LogP contribution in [-0.2, 0) is 11.3 Å². The maximum atomic E-state index is 12.8. The monoisotopic (exact) mass is 268 g/mol. The molecule has 1 amide bonds. The molecule has 1 aliphatic rings. The van der Waals surface area contributed by atoms with Crippen LogP contribution in [-0.4, -0.2) is 35.9 Å². The van der Waals surface area contributed by atoms with Crippen LogP contribution in [0.5, 0.6) is 0 Å². The maximum absolute atomic E-state index is 12.8. The van der Waals surface area contributed by atoms with Gasteiger partial charge in [-0.2, -0.15) is 8.78 Å². The van der Waals surface area contributed by atoms with Gasteiger partial charge in [-0.25, -0.2) is 0 Å². The summed E-state index contributed by atoms with van der Waals surface area (Å²) in [6.45, 7) is 2.85. The van der Waals surface area contributed by atoms with E-state index in [1.807, 2.05) is 30.3 Å². The molecule has 1 atom stereocenters. The van der Waals surface area contributed by atoms with Crippen molar-refractivity contribution in [3.63, 3.8) is 0 Å². The second kappa shape index (κ2) is 5.65. The van der Waals surface area contributed by atoms with Gasteiger partial charge in [0.1, 0.15) is 0 Å². The molecule has 1 heterocycles. The van der Waals surface area contributed by atoms with E-state index in [1.165, 1.54) is 5.56 Å². The predicted molar refractivity (Wildman–Crippen MR) is 68.9 cm³/mol. The number of carbonyl (C=O) groups excluding carboxylic acids is 1. The molecule has 1 N–H and O–H groups in total. The number of nitrogens with zero attached hydrogens (tertiary/aromatic N) is 1. The van der Waals surface area contributed by atoms with E-state index in [0.29, 0.717) is 19.9 Å². The van der Waals surface area contributed by atoms with Crippen LogP contribution >= 0.6 is 0 Å². The van der Waals surface area contributed by atoms with E-state index in [2.05, 4.69) is 10.2 Å². The minimum Gasteiger partial charge on any atom is -0.347 e. The first-order valence-corrected chi connectivity index (χ1v) is 6.40. The Morgan fingerprint density at radius 1 is 1.42 bits per heavy atom. The highest BCUT2D eigenvalue weighted by Gasteiger charge is 2.35. The van der Waals surface area contributed by atoms with Crippen molar-refractivity contribution in [3.05, 3.63) is 35.9 Å². The van der Waals surface area contributed by atoms with Gasteiger partial charge in [0.2, 0.25) is 0 Å². The zero-order valence-corrected chi connectivity index (χ0v) is 10.9. The first-order valence-electron chi connectivity index (χ1n) is 6.40. The fourth-order valence-corrected chi connectivity index (χ4v) is 2.25. The second-order valence-electron chi connectivity index (χ2n) is 5.07. The Morgan fingerprint density at radius 3 is 2.74 bits per heavy atom. The summed E-state index contributed by atoms with van der Waals surface area (Å²) in [4.78, 5) is 13.4. The highest BCUT2D eigenvalue weighted by molar-refractivity contribution is 5.83. The summed E-state index contributed by atoms with van der Waals surface area (Å²) in [5.74, 6) is -4.48. The molecule has 1 aromatic carbocycles. The minimum atomic E-state index is -3.30. The summed E-state index contributed by atoms with van der Waals surface area (Å²) in [5, 5.41) is 2.40. The van der Waals surface area contributed by atoms with Crippen LogP contribution < -0.4 is 5.32 Å². The van der Waals surface area contributed by atoms with Crippen molar-refractivity contribution in [2.75, 3.05) is 13.1 Å². The number of likely N-dealkylation sites (tertiary alicyclic amines) is 1. The van der Waals surface area contributed by atoms with Gasteiger partial charge in [-0.15, -0.1) is 0 Å². The third-order valence-electron chi connectivity index (χ3n) is 3.26. The van der Waals surface area contributed by atoms with Gasteiger partial charge in [0.05, 0.1) is 0 Å². The lowest BCUT2D eigenvalue weighted by molar-refractivity contribution is -0.143. The number of halogens is 2. The van der Waals surface area contributed by atoms with Crippen molar-refractivity contribution in [1.29, 1.82) is 0 Å². The molecular formula is C14H18F2N2O. The van der Waals surface area contributed by atoms with Gasteiger partial charge in [-0.1, -0.05) is 30.3 Å². The molecule has 2 rings (SSSR count). The molecule has 1 aliphatic heterocycles. The quantitative estimate of drug-likeness (QED) is 0.906. The minimum absolute atomic E-state index is 0.179. The molecule has 3 nitrogen and oxygen atoms in total. The van der Waals surface area contributed by atoms with Crippen molar-refractivity contribution < 1.29 is 13.6 Å². The molecule has 0 spiro atoms. The molecule has 0 aromatic heterocycles. The van der Waals surface area contributed by atoms with E-state index >= 15 is 0 Å². The Bertz CT molecular complexity index is 431. The highest BCUT2D eigenvalue weighted by atomic mass is 19.3. The van der Waals surface area contributed by atoms with Crippen molar-refractivity contribution in [3.8, 4) is 0 Å².